The molecular formula is C7H13NO3. The predicted molar refractivity (Wildman–Crippen MR) is 39.1 cm³/mol. The Balaban J connectivity index is 2.19. The number of carbonyl (C=O) groups excluding carboxylic acids is 1. The third kappa shape index (κ3) is 2.17. The Morgan fingerprint density at radius 3 is 2.64 bits per heavy atom. The fourth-order valence-electron chi connectivity index (χ4n) is 1.28. The van der Waals surface area contributed by atoms with Crippen LogP contribution in [0.25, 0.3) is 0 Å². The molecular weight excluding hydrogens is 146 g/mol. The van der Waals surface area contributed by atoms with Gasteiger partial charge < -0.3 is 9.84 Å². The number of carbonyl (C=O) groups is 1. The molecule has 0 bridgehead atoms. The Kier molecular flexibility index (Phi) is 2.15. The molecule has 1 fully saturated rings. The van der Waals surface area contributed by atoms with Crippen molar-refractivity contribution in [1.82, 2.24) is 4.90 Å². The first kappa shape index (κ1) is 8.49. The second kappa shape index (κ2) is 2.79. The van der Waals surface area contributed by atoms with Crippen molar-refractivity contribution in [3.05, 3.63) is 0 Å². The summed E-state index contributed by atoms with van der Waals surface area (Å²) in [4.78, 5) is 12.5. The van der Waals surface area contributed by atoms with Crippen LogP contribution in [-0.2, 0) is 9.53 Å². The molecule has 0 aromatic carbocycles. The van der Waals surface area contributed by atoms with E-state index in [0.29, 0.717) is 13.1 Å². The summed E-state index contributed by atoms with van der Waals surface area (Å²) in [6, 6.07) is 0. The molecule has 64 valence electrons. The molecule has 0 saturated carbocycles. The normalized spacial score (nSPS) is 22.5. The van der Waals surface area contributed by atoms with Crippen LogP contribution in [0.1, 0.15) is 6.92 Å². The van der Waals surface area contributed by atoms with Gasteiger partial charge in [0.05, 0.1) is 19.3 Å². The van der Waals surface area contributed by atoms with Gasteiger partial charge in [-0.05, 0) is 6.92 Å². The number of aliphatic hydroxyl groups is 1. The summed E-state index contributed by atoms with van der Waals surface area (Å²) in [7, 11) is 1.36. The lowest BCUT2D eigenvalue weighted by Crippen LogP contribution is -2.60. The number of β-amino-alcohol motifs (C(OH)–C–C–N with tert-alkyl or cyclic N) is 1. The number of likely N-dealkylation sites (tertiary alicyclic amines) is 1. The van der Waals surface area contributed by atoms with Crippen LogP contribution < -0.4 is 0 Å². The van der Waals surface area contributed by atoms with Crippen molar-refractivity contribution in [1.29, 1.82) is 0 Å². The lowest BCUT2D eigenvalue weighted by atomic mass is 9.97. The van der Waals surface area contributed by atoms with Gasteiger partial charge in [-0.1, -0.05) is 0 Å². The van der Waals surface area contributed by atoms with E-state index in [1.165, 1.54) is 7.11 Å². The molecule has 1 rings (SSSR count). The lowest BCUT2D eigenvalue weighted by Gasteiger charge is -2.43. The van der Waals surface area contributed by atoms with Gasteiger partial charge in [-0.15, -0.1) is 0 Å². The number of ether oxygens (including phenoxy) is 1. The van der Waals surface area contributed by atoms with Gasteiger partial charge in [0.2, 0.25) is 0 Å². The first-order chi connectivity index (χ1) is 5.03. The molecule has 0 aromatic heterocycles. The quantitative estimate of drug-likeness (QED) is 0.537. The van der Waals surface area contributed by atoms with Crippen molar-refractivity contribution in [2.45, 2.75) is 12.5 Å². The van der Waals surface area contributed by atoms with Crippen molar-refractivity contribution in [2.75, 3.05) is 26.7 Å². The molecule has 0 aromatic rings. The molecule has 1 heterocycles. The van der Waals surface area contributed by atoms with Crippen LogP contribution in [0.4, 0.5) is 0 Å². The number of rotatable bonds is 2. The standard InChI is InChI=1S/C7H13NO3/c1-7(10)4-8(5-7)3-6(9)11-2/h10H,3-5H2,1-2H3. The Hall–Kier alpha value is -0.610. The van der Waals surface area contributed by atoms with Gasteiger partial charge in [-0.25, -0.2) is 0 Å². The Morgan fingerprint density at radius 2 is 2.27 bits per heavy atom. The first-order valence-corrected chi connectivity index (χ1v) is 3.55. The number of hydrogen-bond donors (Lipinski definition) is 1. The summed E-state index contributed by atoms with van der Waals surface area (Å²) in [6.07, 6.45) is 0. The lowest BCUT2D eigenvalue weighted by molar-refractivity contribution is -0.148. The average Bonchev–Trinajstić information content (AvgIpc) is 1.83. The topological polar surface area (TPSA) is 49.8 Å². The third-order valence-electron chi connectivity index (χ3n) is 1.71. The zero-order valence-corrected chi connectivity index (χ0v) is 6.83. The van der Waals surface area contributed by atoms with Gasteiger partial charge in [0.15, 0.2) is 0 Å². The number of esters is 1. The van der Waals surface area contributed by atoms with E-state index in [9.17, 15) is 9.90 Å². The molecule has 1 aliphatic rings. The zero-order chi connectivity index (χ0) is 8.48. The summed E-state index contributed by atoms with van der Waals surface area (Å²) >= 11 is 0. The largest absolute Gasteiger partial charge is 0.468 e. The van der Waals surface area contributed by atoms with Crippen LogP contribution in [0.5, 0.6) is 0 Å². The van der Waals surface area contributed by atoms with E-state index in [1.807, 2.05) is 4.90 Å². The Bertz CT molecular complexity index is 159. The van der Waals surface area contributed by atoms with Gasteiger partial charge in [0.1, 0.15) is 0 Å². The van der Waals surface area contributed by atoms with Gasteiger partial charge >= 0.3 is 5.97 Å². The Labute approximate surface area is 65.8 Å². The number of hydrogen-bond acceptors (Lipinski definition) is 4. The van der Waals surface area contributed by atoms with E-state index in [0.717, 1.165) is 0 Å². The minimum Gasteiger partial charge on any atom is -0.468 e. The molecule has 0 aliphatic carbocycles. The molecule has 0 amide bonds. The molecule has 0 atom stereocenters. The maximum Gasteiger partial charge on any atom is 0.319 e. The highest BCUT2D eigenvalue weighted by Gasteiger charge is 2.37. The predicted octanol–water partition coefficient (Wildman–Crippen LogP) is -0.774. The SMILES string of the molecule is COC(=O)CN1CC(C)(O)C1. The summed E-state index contributed by atoms with van der Waals surface area (Å²) in [5, 5.41) is 9.28. The first-order valence-electron chi connectivity index (χ1n) is 3.55. The van der Waals surface area contributed by atoms with E-state index in [1.54, 1.807) is 6.92 Å². The van der Waals surface area contributed by atoms with Crippen molar-refractivity contribution >= 4 is 5.97 Å². The Morgan fingerprint density at radius 1 is 1.73 bits per heavy atom. The third-order valence-corrected chi connectivity index (χ3v) is 1.71. The highest BCUT2D eigenvalue weighted by atomic mass is 16.5. The van der Waals surface area contributed by atoms with Crippen LogP contribution in [0.3, 0.4) is 0 Å². The molecule has 1 aliphatic heterocycles. The minimum absolute atomic E-state index is 0.250. The molecule has 11 heavy (non-hydrogen) atoms. The van der Waals surface area contributed by atoms with Crippen molar-refractivity contribution in [3.8, 4) is 0 Å². The molecule has 1 N–H and O–H groups in total. The molecule has 0 spiro atoms. The minimum atomic E-state index is -0.603. The van der Waals surface area contributed by atoms with E-state index in [-0.39, 0.29) is 12.5 Å². The van der Waals surface area contributed by atoms with Gasteiger partial charge in [0.25, 0.3) is 0 Å². The maximum absolute atomic E-state index is 10.7. The van der Waals surface area contributed by atoms with Crippen LogP contribution in [-0.4, -0.2) is 48.3 Å². The molecule has 0 radical (unpaired) electrons. The van der Waals surface area contributed by atoms with E-state index < -0.39 is 5.60 Å². The van der Waals surface area contributed by atoms with Gasteiger partial charge in [-0.3, -0.25) is 9.69 Å². The van der Waals surface area contributed by atoms with Crippen molar-refractivity contribution < 1.29 is 14.6 Å². The van der Waals surface area contributed by atoms with Crippen LogP contribution >= 0.6 is 0 Å². The van der Waals surface area contributed by atoms with E-state index in [2.05, 4.69) is 4.74 Å². The van der Waals surface area contributed by atoms with Gasteiger partial charge in [-0.2, -0.15) is 0 Å². The van der Waals surface area contributed by atoms with E-state index in [4.69, 9.17) is 0 Å². The fourth-order valence-corrected chi connectivity index (χ4v) is 1.28. The molecule has 0 unspecified atom stereocenters. The molecule has 4 nitrogen and oxygen atoms in total. The van der Waals surface area contributed by atoms with Crippen molar-refractivity contribution in [2.24, 2.45) is 0 Å². The molecule has 4 heteroatoms. The van der Waals surface area contributed by atoms with Gasteiger partial charge in [0, 0.05) is 13.1 Å². The number of nitrogens with zero attached hydrogens (tertiary/aromatic N) is 1. The second-order valence-electron chi connectivity index (χ2n) is 3.22. The molecule has 1 saturated heterocycles. The number of methoxy groups -OCH3 is 1. The van der Waals surface area contributed by atoms with E-state index >= 15 is 0 Å². The van der Waals surface area contributed by atoms with Crippen LogP contribution in [0.15, 0.2) is 0 Å². The summed E-state index contributed by atoms with van der Waals surface area (Å²) in [6.45, 7) is 3.15. The summed E-state index contributed by atoms with van der Waals surface area (Å²) in [5.74, 6) is -0.250. The highest BCUT2D eigenvalue weighted by Crippen LogP contribution is 2.18. The summed E-state index contributed by atoms with van der Waals surface area (Å²) < 4.78 is 4.46. The average molecular weight is 159 g/mol. The monoisotopic (exact) mass is 159 g/mol. The van der Waals surface area contributed by atoms with Crippen LogP contribution in [0.2, 0.25) is 0 Å². The summed E-state index contributed by atoms with van der Waals surface area (Å²) in [5.41, 5.74) is -0.603. The smallest absolute Gasteiger partial charge is 0.319 e. The van der Waals surface area contributed by atoms with Crippen molar-refractivity contribution in [3.63, 3.8) is 0 Å². The second-order valence-corrected chi connectivity index (χ2v) is 3.22. The highest BCUT2D eigenvalue weighted by molar-refractivity contribution is 5.71. The maximum atomic E-state index is 10.7. The fraction of sp³-hybridized carbons (Fsp3) is 0.857. The van der Waals surface area contributed by atoms with Crippen LogP contribution in [0, 0.1) is 0 Å². The zero-order valence-electron chi connectivity index (χ0n) is 6.83.